The van der Waals surface area contributed by atoms with Crippen molar-refractivity contribution in [1.29, 1.82) is 0 Å². The minimum atomic E-state index is -0.745. The molecule has 0 spiro atoms. The van der Waals surface area contributed by atoms with Crippen LogP contribution in [-0.2, 0) is 4.79 Å². The maximum Gasteiger partial charge on any atom is 0.231 e. The van der Waals surface area contributed by atoms with Gasteiger partial charge in [-0.25, -0.2) is 0 Å². The van der Waals surface area contributed by atoms with Crippen LogP contribution in [0.1, 0.15) is 38.5 Å². The molecule has 2 N–H and O–H groups in total. The molecule has 1 aromatic carbocycles. The van der Waals surface area contributed by atoms with Crippen LogP contribution >= 0.6 is 0 Å². The molecule has 1 aliphatic carbocycles. The summed E-state index contributed by atoms with van der Waals surface area (Å²) in [5.41, 5.74) is 0. The standard InChI is InChI=1S/C18H25NO5/c20-14(10-19-18(21)8-13-4-2-1-3-5-13)11-22-15-6-7-16-17(9-15)24-12-23-16/h6-7,9,13-14,20H,1-5,8,10-12H2,(H,19,21). The molecule has 2 aliphatic rings. The van der Waals surface area contributed by atoms with Gasteiger partial charge in [-0.05, 0) is 30.9 Å². The predicted molar refractivity (Wildman–Crippen MR) is 88.3 cm³/mol. The molecule has 24 heavy (non-hydrogen) atoms. The number of fused-ring (bicyclic) bond motifs is 1. The second-order valence-corrected chi connectivity index (χ2v) is 6.49. The molecule has 1 heterocycles. The van der Waals surface area contributed by atoms with E-state index in [0.717, 1.165) is 12.8 Å². The van der Waals surface area contributed by atoms with E-state index in [1.807, 2.05) is 0 Å². The Bertz CT molecular complexity index is 556. The number of rotatable bonds is 7. The Labute approximate surface area is 142 Å². The van der Waals surface area contributed by atoms with Crippen LogP contribution in [0.15, 0.2) is 18.2 Å². The zero-order valence-corrected chi connectivity index (χ0v) is 13.8. The molecule has 3 rings (SSSR count). The van der Waals surface area contributed by atoms with E-state index in [1.54, 1.807) is 18.2 Å². The molecule has 0 aromatic heterocycles. The summed E-state index contributed by atoms with van der Waals surface area (Å²) in [6.45, 7) is 0.536. The maximum absolute atomic E-state index is 11.9. The second kappa shape index (κ2) is 8.24. The minimum Gasteiger partial charge on any atom is -0.491 e. The Hall–Kier alpha value is -1.95. The second-order valence-electron chi connectivity index (χ2n) is 6.49. The molecule has 0 radical (unpaired) electrons. The molecule has 1 aliphatic heterocycles. The third-order valence-corrected chi connectivity index (χ3v) is 4.52. The highest BCUT2D eigenvalue weighted by Gasteiger charge is 2.18. The zero-order valence-electron chi connectivity index (χ0n) is 13.8. The Morgan fingerprint density at radius 1 is 1.25 bits per heavy atom. The van der Waals surface area contributed by atoms with Gasteiger partial charge in [-0.15, -0.1) is 0 Å². The highest BCUT2D eigenvalue weighted by molar-refractivity contribution is 5.76. The molecule has 6 heteroatoms. The third kappa shape index (κ3) is 4.77. The van der Waals surface area contributed by atoms with Gasteiger partial charge in [-0.2, -0.15) is 0 Å². The average molecular weight is 335 g/mol. The van der Waals surface area contributed by atoms with Gasteiger partial charge < -0.3 is 24.6 Å². The quantitative estimate of drug-likeness (QED) is 0.799. The zero-order chi connectivity index (χ0) is 16.8. The summed E-state index contributed by atoms with van der Waals surface area (Å²) in [6.07, 6.45) is 5.84. The van der Waals surface area contributed by atoms with E-state index in [9.17, 15) is 9.90 Å². The van der Waals surface area contributed by atoms with Crippen molar-refractivity contribution in [2.45, 2.75) is 44.6 Å². The van der Waals surface area contributed by atoms with Crippen molar-refractivity contribution in [2.75, 3.05) is 19.9 Å². The van der Waals surface area contributed by atoms with Gasteiger partial charge in [0, 0.05) is 19.0 Å². The van der Waals surface area contributed by atoms with Crippen molar-refractivity contribution in [3.8, 4) is 17.2 Å². The number of aliphatic hydroxyl groups is 1. The number of amides is 1. The lowest BCUT2D eigenvalue weighted by atomic mass is 9.87. The number of carbonyl (C=O) groups excluding carboxylic acids is 1. The Morgan fingerprint density at radius 2 is 2.04 bits per heavy atom. The minimum absolute atomic E-state index is 0.0176. The topological polar surface area (TPSA) is 77.0 Å². The Balaban J connectivity index is 1.34. The van der Waals surface area contributed by atoms with E-state index >= 15 is 0 Å². The lowest BCUT2D eigenvalue weighted by Crippen LogP contribution is -2.36. The van der Waals surface area contributed by atoms with Crippen LogP contribution in [0.2, 0.25) is 0 Å². The largest absolute Gasteiger partial charge is 0.491 e. The first-order valence-electron chi connectivity index (χ1n) is 8.68. The van der Waals surface area contributed by atoms with Crippen molar-refractivity contribution < 1.29 is 24.1 Å². The normalized spacial score (nSPS) is 18.2. The van der Waals surface area contributed by atoms with Gasteiger partial charge in [0.15, 0.2) is 11.5 Å². The van der Waals surface area contributed by atoms with E-state index in [1.165, 1.54) is 19.3 Å². The maximum atomic E-state index is 11.9. The monoisotopic (exact) mass is 335 g/mol. The Kier molecular flexibility index (Phi) is 5.80. The fraction of sp³-hybridized carbons (Fsp3) is 0.611. The number of benzene rings is 1. The van der Waals surface area contributed by atoms with Gasteiger partial charge >= 0.3 is 0 Å². The van der Waals surface area contributed by atoms with Gasteiger partial charge in [-0.3, -0.25) is 4.79 Å². The molecule has 132 valence electrons. The van der Waals surface area contributed by atoms with Crippen molar-refractivity contribution in [3.05, 3.63) is 18.2 Å². The van der Waals surface area contributed by atoms with Crippen molar-refractivity contribution >= 4 is 5.91 Å². The number of hydrogen-bond donors (Lipinski definition) is 2. The first-order valence-corrected chi connectivity index (χ1v) is 8.68. The summed E-state index contributed by atoms with van der Waals surface area (Å²) in [4.78, 5) is 11.9. The van der Waals surface area contributed by atoms with Crippen LogP contribution in [0, 0.1) is 5.92 Å². The summed E-state index contributed by atoms with van der Waals surface area (Å²) >= 11 is 0. The lowest BCUT2D eigenvalue weighted by Gasteiger charge is -2.21. The first-order chi connectivity index (χ1) is 11.7. The van der Waals surface area contributed by atoms with E-state index in [2.05, 4.69) is 5.32 Å². The number of ether oxygens (including phenoxy) is 3. The smallest absolute Gasteiger partial charge is 0.231 e. The van der Waals surface area contributed by atoms with Crippen molar-refractivity contribution in [1.82, 2.24) is 5.32 Å². The summed E-state index contributed by atoms with van der Waals surface area (Å²) in [5, 5.41) is 12.8. The van der Waals surface area contributed by atoms with Crippen LogP contribution in [0.25, 0.3) is 0 Å². The van der Waals surface area contributed by atoms with E-state index in [0.29, 0.717) is 29.6 Å². The number of hydrogen-bond acceptors (Lipinski definition) is 5. The average Bonchev–Trinajstić information content (AvgIpc) is 3.07. The summed E-state index contributed by atoms with van der Waals surface area (Å²) in [7, 11) is 0. The van der Waals surface area contributed by atoms with Crippen LogP contribution in [0.5, 0.6) is 17.2 Å². The van der Waals surface area contributed by atoms with Gasteiger partial charge in [0.25, 0.3) is 0 Å². The van der Waals surface area contributed by atoms with Crippen LogP contribution in [0.3, 0.4) is 0 Å². The molecule has 1 unspecified atom stereocenters. The van der Waals surface area contributed by atoms with E-state index in [-0.39, 0.29) is 25.9 Å². The number of nitrogens with one attached hydrogen (secondary N) is 1. The summed E-state index contributed by atoms with van der Waals surface area (Å²) in [5.74, 6) is 2.46. The Morgan fingerprint density at radius 3 is 2.88 bits per heavy atom. The summed E-state index contributed by atoms with van der Waals surface area (Å²) < 4.78 is 16.0. The molecule has 1 amide bonds. The first kappa shape index (κ1) is 16.9. The van der Waals surface area contributed by atoms with Crippen LogP contribution in [-0.4, -0.2) is 37.1 Å². The third-order valence-electron chi connectivity index (χ3n) is 4.52. The lowest BCUT2D eigenvalue weighted by molar-refractivity contribution is -0.122. The molecule has 0 bridgehead atoms. The number of carbonyl (C=O) groups is 1. The van der Waals surface area contributed by atoms with Crippen molar-refractivity contribution in [3.63, 3.8) is 0 Å². The molecular formula is C18H25NO5. The molecule has 1 fully saturated rings. The molecular weight excluding hydrogens is 310 g/mol. The van der Waals surface area contributed by atoms with Crippen LogP contribution < -0.4 is 19.5 Å². The van der Waals surface area contributed by atoms with Crippen molar-refractivity contribution in [2.24, 2.45) is 5.92 Å². The fourth-order valence-electron chi connectivity index (χ4n) is 3.18. The molecule has 6 nitrogen and oxygen atoms in total. The van der Waals surface area contributed by atoms with Gasteiger partial charge in [0.1, 0.15) is 18.5 Å². The van der Waals surface area contributed by atoms with Gasteiger partial charge in [0.2, 0.25) is 12.7 Å². The fourth-order valence-corrected chi connectivity index (χ4v) is 3.18. The highest BCUT2D eigenvalue weighted by Crippen LogP contribution is 2.35. The van der Waals surface area contributed by atoms with Gasteiger partial charge in [-0.1, -0.05) is 19.3 Å². The predicted octanol–water partition coefficient (Wildman–Crippen LogP) is 2.24. The molecule has 0 saturated heterocycles. The molecule has 1 atom stereocenters. The van der Waals surface area contributed by atoms with E-state index in [4.69, 9.17) is 14.2 Å². The molecule has 1 saturated carbocycles. The van der Waals surface area contributed by atoms with E-state index < -0.39 is 6.10 Å². The SMILES string of the molecule is O=C(CC1CCCCC1)NCC(O)COc1ccc2c(c1)OCO2. The molecule has 1 aromatic rings. The van der Waals surface area contributed by atoms with Gasteiger partial charge in [0.05, 0.1) is 0 Å². The van der Waals surface area contributed by atoms with Crippen LogP contribution in [0.4, 0.5) is 0 Å². The highest BCUT2D eigenvalue weighted by atomic mass is 16.7. The number of aliphatic hydroxyl groups excluding tert-OH is 1. The summed E-state index contributed by atoms with van der Waals surface area (Å²) in [6, 6.07) is 5.27.